The van der Waals surface area contributed by atoms with Crippen LogP contribution >= 0.6 is 11.8 Å². The summed E-state index contributed by atoms with van der Waals surface area (Å²) < 4.78 is 0. The molecular formula is C6H12N2S. The van der Waals surface area contributed by atoms with Crippen LogP contribution in [0.3, 0.4) is 0 Å². The second-order valence-electron chi connectivity index (χ2n) is 2.64. The first-order valence-electron chi connectivity index (χ1n) is 2.80. The number of thioether (sulfide) groups is 1. The number of hydrogen-bond acceptors (Lipinski definition) is 3. The SMILES string of the molecule is CC(C)(N)CSCC#N. The highest BCUT2D eigenvalue weighted by molar-refractivity contribution is 7.99. The molecule has 52 valence electrons. The molecule has 9 heavy (non-hydrogen) atoms. The minimum atomic E-state index is -0.137. The van der Waals surface area contributed by atoms with Gasteiger partial charge in [-0.2, -0.15) is 5.26 Å². The van der Waals surface area contributed by atoms with E-state index >= 15 is 0 Å². The van der Waals surface area contributed by atoms with Gasteiger partial charge in [-0.1, -0.05) is 0 Å². The van der Waals surface area contributed by atoms with Crippen molar-refractivity contribution in [2.24, 2.45) is 5.73 Å². The lowest BCUT2D eigenvalue weighted by molar-refractivity contribution is 0.591. The number of nitrogens with two attached hydrogens (primary N) is 1. The summed E-state index contributed by atoms with van der Waals surface area (Å²) in [5, 5.41) is 8.15. The maximum absolute atomic E-state index is 8.15. The molecule has 0 aromatic carbocycles. The average Bonchev–Trinajstić information content (AvgIpc) is 1.63. The van der Waals surface area contributed by atoms with Crippen molar-refractivity contribution in [3.63, 3.8) is 0 Å². The maximum Gasteiger partial charge on any atom is 0.0808 e. The largest absolute Gasteiger partial charge is 0.325 e. The zero-order valence-electron chi connectivity index (χ0n) is 5.85. The van der Waals surface area contributed by atoms with Gasteiger partial charge in [-0.25, -0.2) is 0 Å². The standard InChI is InChI=1S/C6H12N2S/c1-6(2,8)5-9-4-3-7/h4-5,8H2,1-2H3. The Kier molecular flexibility index (Phi) is 3.67. The molecule has 0 radical (unpaired) electrons. The molecule has 0 fully saturated rings. The van der Waals surface area contributed by atoms with Crippen molar-refractivity contribution in [2.45, 2.75) is 19.4 Å². The maximum atomic E-state index is 8.15. The highest BCUT2D eigenvalue weighted by Gasteiger charge is 2.08. The van der Waals surface area contributed by atoms with Gasteiger partial charge in [0.15, 0.2) is 0 Å². The van der Waals surface area contributed by atoms with E-state index in [1.165, 1.54) is 0 Å². The number of nitriles is 1. The van der Waals surface area contributed by atoms with Gasteiger partial charge in [0.25, 0.3) is 0 Å². The molecule has 0 unspecified atom stereocenters. The minimum Gasteiger partial charge on any atom is -0.325 e. The van der Waals surface area contributed by atoms with E-state index in [-0.39, 0.29) is 5.54 Å². The monoisotopic (exact) mass is 144 g/mol. The first-order valence-corrected chi connectivity index (χ1v) is 3.95. The van der Waals surface area contributed by atoms with Gasteiger partial charge < -0.3 is 5.73 Å². The van der Waals surface area contributed by atoms with Crippen LogP contribution in [0.25, 0.3) is 0 Å². The number of hydrogen-bond donors (Lipinski definition) is 1. The second kappa shape index (κ2) is 3.76. The zero-order chi connectivity index (χ0) is 7.33. The molecule has 0 aromatic rings. The third kappa shape index (κ3) is 7.80. The Bertz CT molecular complexity index is 109. The van der Waals surface area contributed by atoms with E-state index in [9.17, 15) is 0 Å². The molecule has 0 heterocycles. The third-order valence-electron chi connectivity index (χ3n) is 0.641. The Labute approximate surface area is 60.4 Å². The quantitative estimate of drug-likeness (QED) is 0.601. The fourth-order valence-corrected chi connectivity index (χ4v) is 1.08. The first kappa shape index (κ1) is 8.80. The van der Waals surface area contributed by atoms with Gasteiger partial charge in [0.05, 0.1) is 11.8 Å². The van der Waals surface area contributed by atoms with Crippen molar-refractivity contribution in [3.8, 4) is 6.07 Å². The van der Waals surface area contributed by atoms with Crippen LogP contribution in [0.15, 0.2) is 0 Å². The summed E-state index contributed by atoms with van der Waals surface area (Å²) in [5.74, 6) is 1.39. The molecule has 0 saturated heterocycles. The highest BCUT2D eigenvalue weighted by Crippen LogP contribution is 2.07. The normalized spacial score (nSPS) is 10.9. The van der Waals surface area contributed by atoms with Crippen LogP contribution in [0.1, 0.15) is 13.8 Å². The van der Waals surface area contributed by atoms with Gasteiger partial charge in [-0.05, 0) is 13.8 Å². The molecule has 0 aliphatic carbocycles. The summed E-state index contributed by atoms with van der Waals surface area (Å²) in [7, 11) is 0. The van der Waals surface area contributed by atoms with Gasteiger partial charge in [-0.3, -0.25) is 0 Å². The van der Waals surface area contributed by atoms with Gasteiger partial charge in [-0.15, -0.1) is 11.8 Å². The predicted octanol–water partition coefficient (Wildman–Crippen LogP) is 0.980. The van der Waals surface area contributed by atoms with E-state index in [0.717, 1.165) is 5.75 Å². The van der Waals surface area contributed by atoms with E-state index < -0.39 is 0 Å². The van der Waals surface area contributed by atoms with Gasteiger partial charge in [0.1, 0.15) is 0 Å². The molecule has 0 bridgehead atoms. The molecule has 0 atom stereocenters. The molecule has 0 rings (SSSR count). The molecule has 0 aliphatic heterocycles. The molecule has 0 aliphatic rings. The van der Waals surface area contributed by atoms with Crippen LogP contribution in [0, 0.1) is 11.3 Å². The fourth-order valence-electron chi connectivity index (χ4n) is 0.360. The lowest BCUT2D eigenvalue weighted by Gasteiger charge is -2.15. The van der Waals surface area contributed by atoms with Crippen LogP contribution in [0.5, 0.6) is 0 Å². The summed E-state index contributed by atoms with van der Waals surface area (Å²) in [6.07, 6.45) is 0. The van der Waals surface area contributed by atoms with E-state index in [2.05, 4.69) is 0 Å². The number of nitrogens with zero attached hydrogens (tertiary/aromatic N) is 1. The Hall–Kier alpha value is -0.200. The van der Waals surface area contributed by atoms with E-state index in [1.54, 1.807) is 11.8 Å². The Balaban J connectivity index is 3.20. The van der Waals surface area contributed by atoms with Gasteiger partial charge >= 0.3 is 0 Å². The summed E-state index contributed by atoms with van der Waals surface area (Å²) in [6.45, 7) is 3.91. The number of rotatable bonds is 3. The van der Waals surface area contributed by atoms with Crippen LogP contribution < -0.4 is 5.73 Å². The Morgan fingerprint density at radius 1 is 1.67 bits per heavy atom. The molecule has 0 aromatic heterocycles. The van der Waals surface area contributed by atoms with Crippen molar-refractivity contribution in [1.29, 1.82) is 5.26 Å². The summed E-state index contributed by atoms with van der Waals surface area (Å²) in [5.41, 5.74) is 5.51. The van der Waals surface area contributed by atoms with Crippen LogP contribution in [0.2, 0.25) is 0 Å². The lowest BCUT2D eigenvalue weighted by atomic mass is 10.1. The van der Waals surface area contributed by atoms with Crippen molar-refractivity contribution in [3.05, 3.63) is 0 Å². The molecule has 3 heteroatoms. The van der Waals surface area contributed by atoms with Crippen molar-refractivity contribution in [2.75, 3.05) is 11.5 Å². The van der Waals surface area contributed by atoms with E-state index in [1.807, 2.05) is 19.9 Å². The Morgan fingerprint density at radius 2 is 2.22 bits per heavy atom. The molecule has 0 spiro atoms. The van der Waals surface area contributed by atoms with Gasteiger partial charge in [0, 0.05) is 11.3 Å². The lowest BCUT2D eigenvalue weighted by Crippen LogP contribution is -2.34. The molecule has 0 amide bonds. The minimum absolute atomic E-state index is 0.137. The molecule has 2 N–H and O–H groups in total. The molecule has 2 nitrogen and oxygen atoms in total. The van der Waals surface area contributed by atoms with Crippen LogP contribution in [-0.4, -0.2) is 17.0 Å². The summed E-state index contributed by atoms with van der Waals surface area (Å²) in [4.78, 5) is 0. The van der Waals surface area contributed by atoms with Crippen LogP contribution in [-0.2, 0) is 0 Å². The summed E-state index contributed by atoms with van der Waals surface area (Å²) >= 11 is 1.57. The van der Waals surface area contributed by atoms with Crippen molar-refractivity contribution in [1.82, 2.24) is 0 Å². The smallest absolute Gasteiger partial charge is 0.0808 e. The van der Waals surface area contributed by atoms with E-state index in [0.29, 0.717) is 5.75 Å². The zero-order valence-corrected chi connectivity index (χ0v) is 6.66. The van der Waals surface area contributed by atoms with Gasteiger partial charge in [0.2, 0.25) is 0 Å². The average molecular weight is 144 g/mol. The Morgan fingerprint density at radius 3 is 2.56 bits per heavy atom. The first-order chi connectivity index (χ1) is 4.06. The fraction of sp³-hybridized carbons (Fsp3) is 0.833. The topological polar surface area (TPSA) is 49.8 Å². The molecule has 0 saturated carbocycles. The van der Waals surface area contributed by atoms with Crippen LogP contribution in [0.4, 0.5) is 0 Å². The highest BCUT2D eigenvalue weighted by atomic mass is 32.2. The third-order valence-corrected chi connectivity index (χ3v) is 1.92. The molecular weight excluding hydrogens is 132 g/mol. The second-order valence-corrected chi connectivity index (χ2v) is 3.63. The predicted molar refractivity (Wildman–Crippen MR) is 41.2 cm³/mol. The van der Waals surface area contributed by atoms with Crippen molar-refractivity contribution < 1.29 is 0 Å². The summed E-state index contributed by atoms with van der Waals surface area (Å²) in [6, 6.07) is 2.05. The van der Waals surface area contributed by atoms with Crippen molar-refractivity contribution >= 4 is 11.8 Å². The van der Waals surface area contributed by atoms with E-state index in [4.69, 9.17) is 11.0 Å².